The molecule has 1 aliphatic carbocycles. The van der Waals surface area contributed by atoms with Gasteiger partial charge in [0.25, 0.3) is 0 Å². The number of hydrogen-bond acceptors (Lipinski definition) is 7. The number of rotatable bonds is 14. The summed E-state index contributed by atoms with van der Waals surface area (Å²) in [6, 6.07) is 10.3. The van der Waals surface area contributed by atoms with Crippen LogP contribution in [0.15, 0.2) is 48.5 Å². The van der Waals surface area contributed by atoms with Crippen molar-refractivity contribution < 1.29 is 45.8 Å². The first-order chi connectivity index (χ1) is 20.3. The highest BCUT2D eigenvalue weighted by molar-refractivity contribution is 5.91. The molecule has 2 aromatic carbocycles. The minimum atomic E-state index is -4.19. The molecule has 43 heavy (non-hydrogen) atoms. The molecule has 1 aliphatic rings. The Morgan fingerprint density at radius 2 is 1.44 bits per heavy atom. The summed E-state index contributed by atoms with van der Waals surface area (Å²) >= 11 is 0. The number of benzene rings is 2. The highest BCUT2D eigenvalue weighted by atomic mass is 19.4. The summed E-state index contributed by atoms with van der Waals surface area (Å²) in [6.07, 6.45) is -3.12. The molecule has 2 aromatic rings. The van der Waals surface area contributed by atoms with Gasteiger partial charge in [0.1, 0.15) is 5.75 Å². The van der Waals surface area contributed by atoms with Gasteiger partial charge in [-0.05, 0) is 92.8 Å². The Morgan fingerprint density at radius 3 is 2.05 bits per heavy atom. The third kappa shape index (κ3) is 12.1. The van der Waals surface area contributed by atoms with Gasteiger partial charge in [-0.1, -0.05) is 18.6 Å². The molecule has 3 rings (SSSR count). The second kappa shape index (κ2) is 15.6. The lowest BCUT2D eigenvalue weighted by molar-refractivity contribution is -0.223. The summed E-state index contributed by atoms with van der Waals surface area (Å²) in [5.74, 6) is -2.15. The topological polar surface area (TPSA) is 114 Å². The second-order valence-corrected chi connectivity index (χ2v) is 10.7. The Labute approximate surface area is 247 Å². The Balaban J connectivity index is 1.32. The fraction of sp³-hybridized carbons (Fsp3) is 0.484. The largest absolute Gasteiger partial charge is 0.463 e. The number of carbonyl (C=O) groups excluding carboxylic acids is 2. The van der Waals surface area contributed by atoms with Crippen LogP contribution in [-0.4, -0.2) is 37.4 Å². The molecule has 1 fully saturated rings. The Hall–Kier alpha value is -3.83. The van der Waals surface area contributed by atoms with Crippen LogP contribution in [0.5, 0.6) is 5.75 Å². The summed E-state index contributed by atoms with van der Waals surface area (Å²) in [5.41, 5.74) is 12.9. The monoisotopic (exact) mass is 612 g/mol. The van der Waals surface area contributed by atoms with Crippen molar-refractivity contribution >= 4 is 29.4 Å². The van der Waals surface area contributed by atoms with E-state index in [-0.39, 0.29) is 49.7 Å². The molecule has 7 nitrogen and oxygen atoms in total. The molecule has 1 saturated carbocycles. The molecule has 0 unspecified atom stereocenters. The van der Waals surface area contributed by atoms with Crippen molar-refractivity contribution in [3.63, 3.8) is 0 Å². The lowest BCUT2D eigenvalue weighted by Crippen LogP contribution is -2.37. The molecule has 0 amide bonds. The molecular formula is C31H37F5N2O5. The van der Waals surface area contributed by atoms with Gasteiger partial charge in [-0.25, -0.2) is 9.59 Å². The van der Waals surface area contributed by atoms with Crippen LogP contribution in [0, 0.1) is 11.8 Å². The zero-order valence-corrected chi connectivity index (χ0v) is 23.7. The third-order valence-corrected chi connectivity index (χ3v) is 7.17. The van der Waals surface area contributed by atoms with E-state index >= 15 is 0 Å². The van der Waals surface area contributed by atoms with E-state index in [0.29, 0.717) is 49.0 Å². The fourth-order valence-electron chi connectivity index (χ4n) is 4.90. The van der Waals surface area contributed by atoms with Crippen molar-refractivity contribution in [2.24, 2.45) is 11.8 Å². The van der Waals surface area contributed by atoms with Crippen LogP contribution in [0.3, 0.4) is 0 Å². The number of hydrogen-bond donors (Lipinski definition) is 2. The van der Waals surface area contributed by atoms with Crippen molar-refractivity contribution in [1.29, 1.82) is 0 Å². The average molecular weight is 613 g/mol. The van der Waals surface area contributed by atoms with Crippen molar-refractivity contribution in [3.8, 4) is 5.75 Å². The number of anilines is 2. The zero-order chi connectivity index (χ0) is 31.5. The van der Waals surface area contributed by atoms with Crippen LogP contribution in [0.25, 0.3) is 6.08 Å². The maximum absolute atomic E-state index is 14.7. The molecule has 0 aromatic heterocycles. The lowest BCUT2D eigenvalue weighted by atomic mass is 9.79. The van der Waals surface area contributed by atoms with E-state index in [9.17, 15) is 31.5 Å². The molecular weight excluding hydrogens is 575 g/mol. The minimum absolute atomic E-state index is 0.0199. The molecule has 0 heterocycles. The standard InChI is InChI=1S/C31H37F5N2O5/c32-30(33,34)15-3-4-21-5-10-24(11-6-21)31(35,36)43-27-12-7-22(8-13-27)9-14-28(39)41-16-1-2-17-42-29(40)23-18-25(37)20-26(38)19-23/h7-9,12-14,18-21,24H,1-6,10-11,15-17,37-38H2. The van der Waals surface area contributed by atoms with Crippen LogP contribution in [0.1, 0.15) is 73.7 Å². The number of halogens is 5. The van der Waals surface area contributed by atoms with Gasteiger partial charge in [-0.3, -0.25) is 0 Å². The summed E-state index contributed by atoms with van der Waals surface area (Å²) in [6.45, 7) is 0.240. The minimum Gasteiger partial charge on any atom is -0.463 e. The number of ether oxygens (including phenoxy) is 3. The van der Waals surface area contributed by atoms with Crippen molar-refractivity contribution in [3.05, 3.63) is 59.7 Å². The quantitative estimate of drug-likeness (QED) is 0.0744. The number of carbonyl (C=O) groups is 2. The summed E-state index contributed by atoms with van der Waals surface area (Å²) in [7, 11) is 0. The highest BCUT2D eigenvalue weighted by Crippen LogP contribution is 2.41. The van der Waals surface area contributed by atoms with Crippen LogP contribution >= 0.6 is 0 Å². The van der Waals surface area contributed by atoms with Gasteiger partial charge in [0.15, 0.2) is 0 Å². The molecule has 0 spiro atoms. The molecule has 236 valence electrons. The first-order valence-corrected chi connectivity index (χ1v) is 14.2. The lowest BCUT2D eigenvalue weighted by Gasteiger charge is -2.33. The smallest absolute Gasteiger partial charge is 0.400 e. The predicted octanol–water partition coefficient (Wildman–Crippen LogP) is 7.56. The highest BCUT2D eigenvalue weighted by Gasteiger charge is 2.44. The van der Waals surface area contributed by atoms with Gasteiger partial charge in [0, 0.05) is 23.9 Å². The molecule has 0 saturated heterocycles. The van der Waals surface area contributed by atoms with E-state index < -0.39 is 36.6 Å². The molecule has 0 bridgehead atoms. The molecule has 4 N–H and O–H groups in total. The average Bonchev–Trinajstić information content (AvgIpc) is 2.93. The van der Waals surface area contributed by atoms with E-state index in [4.69, 9.17) is 25.7 Å². The summed E-state index contributed by atoms with van der Waals surface area (Å²) in [5, 5.41) is 0. The molecule has 0 atom stereocenters. The number of alkyl halides is 5. The molecule has 12 heteroatoms. The first-order valence-electron chi connectivity index (χ1n) is 14.2. The Morgan fingerprint density at radius 1 is 0.837 bits per heavy atom. The maximum atomic E-state index is 14.7. The van der Waals surface area contributed by atoms with E-state index in [1.807, 2.05) is 0 Å². The van der Waals surface area contributed by atoms with Crippen LogP contribution in [0.4, 0.5) is 33.3 Å². The van der Waals surface area contributed by atoms with Crippen molar-refractivity contribution in [2.45, 2.75) is 70.1 Å². The zero-order valence-electron chi connectivity index (χ0n) is 23.7. The third-order valence-electron chi connectivity index (χ3n) is 7.17. The molecule has 0 aliphatic heterocycles. The Kier molecular flexibility index (Phi) is 12.2. The SMILES string of the molecule is Nc1cc(N)cc(C(=O)OCCCCOC(=O)C=Cc2ccc(OC(F)(F)C3CCC(CCCC(F)(F)F)CC3)cc2)c1. The van der Waals surface area contributed by atoms with Crippen LogP contribution < -0.4 is 16.2 Å². The summed E-state index contributed by atoms with van der Waals surface area (Å²) in [4.78, 5) is 24.0. The Bertz CT molecular complexity index is 1210. The number of esters is 2. The van der Waals surface area contributed by atoms with Gasteiger partial charge in [-0.2, -0.15) is 22.0 Å². The van der Waals surface area contributed by atoms with E-state index in [0.717, 1.165) is 0 Å². The number of nitrogens with two attached hydrogens (primary N) is 2. The van der Waals surface area contributed by atoms with Gasteiger partial charge >= 0.3 is 24.2 Å². The van der Waals surface area contributed by atoms with E-state index in [1.165, 1.54) is 54.6 Å². The van der Waals surface area contributed by atoms with Crippen molar-refractivity contribution in [1.82, 2.24) is 0 Å². The van der Waals surface area contributed by atoms with Crippen LogP contribution in [-0.2, 0) is 14.3 Å². The van der Waals surface area contributed by atoms with E-state index in [1.54, 1.807) is 0 Å². The first kappa shape index (κ1) is 33.7. The van der Waals surface area contributed by atoms with Gasteiger partial charge in [0.05, 0.1) is 24.7 Å². The fourth-order valence-corrected chi connectivity index (χ4v) is 4.90. The maximum Gasteiger partial charge on any atom is 0.400 e. The van der Waals surface area contributed by atoms with Gasteiger partial charge in [-0.15, -0.1) is 0 Å². The summed E-state index contributed by atoms with van der Waals surface area (Å²) < 4.78 is 81.7. The second-order valence-electron chi connectivity index (χ2n) is 10.7. The van der Waals surface area contributed by atoms with E-state index in [2.05, 4.69) is 0 Å². The van der Waals surface area contributed by atoms with Gasteiger partial charge < -0.3 is 25.7 Å². The molecule has 0 radical (unpaired) electrons. The normalized spacial score (nSPS) is 17.5. The number of unbranched alkanes of at least 4 members (excludes halogenated alkanes) is 1. The predicted molar refractivity (Wildman–Crippen MR) is 152 cm³/mol. The van der Waals surface area contributed by atoms with Gasteiger partial charge in [0.2, 0.25) is 0 Å². The van der Waals surface area contributed by atoms with Crippen molar-refractivity contribution in [2.75, 3.05) is 24.7 Å². The number of nitrogen functional groups attached to an aromatic ring is 2. The van der Waals surface area contributed by atoms with Crippen LogP contribution in [0.2, 0.25) is 0 Å².